The largest absolute Gasteiger partial charge is 0.493 e. The van der Waals surface area contributed by atoms with Gasteiger partial charge in [-0.25, -0.2) is 0 Å². The van der Waals surface area contributed by atoms with Crippen molar-refractivity contribution in [1.82, 2.24) is 5.32 Å². The van der Waals surface area contributed by atoms with Crippen LogP contribution in [-0.4, -0.2) is 6.61 Å². The Morgan fingerprint density at radius 2 is 1.86 bits per heavy atom. The monoisotopic (exact) mass is 401 g/mol. The summed E-state index contributed by atoms with van der Waals surface area (Å²) in [4.78, 5) is 1.28. The average Bonchev–Trinajstić information content (AvgIpc) is 2.57. The van der Waals surface area contributed by atoms with Crippen molar-refractivity contribution >= 4 is 16.7 Å². The fourth-order valence-corrected chi connectivity index (χ4v) is 4.30. The van der Waals surface area contributed by atoms with E-state index in [-0.39, 0.29) is 10.8 Å². The van der Waals surface area contributed by atoms with Crippen LogP contribution in [0, 0.1) is 10.8 Å². The molecule has 0 spiro atoms. The van der Waals surface area contributed by atoms with E-state index in [0.29, 0.717) is 13.2 Å². The second kappa shape index (κ2) is 10.8. The molecule has 0 saturated carbocycles. The second-order valence-corrected chi connectivity index (χ2v) is 10.4. The highest BCUT2D eigenvalue weighted by Crippen LogP contribution is 2.37. The van der Waals surface area contributed by atoms with E-state index in [2.05, 4.69) is 90.0 Å². The molecule has 0 fully saturated rings. The summed E-state index contributed by atoms with van der Waals surface area (Å²) in [6.07, 6.45) is 4.91. The standard InChI is InChI=1S/C25H39NOS/c1-10-14-28-23(19(3)4)20-12-13-21(16-26-11-2)22(15-20)27-18-25(8,9)17-24(5,6)7/h10-15,26H,2,16-18H2,1,3-9H3/b14-10-. The Kier molecular flexibility index (Phi) is 9.43. The molecule has 0 radical (unpaired) electrons. The molecule has 2 nitrogen and oxygen atoms in total. The molecule has 0 aromatic heterocycles. The number of nitrogens with one attached hydrogen (secondary N) is 1. The van der Waals surface area contributed by atoms with Gasteiger partial charge in [-0.15, -0.1) is 0 Å². The highest BCUT2D eigenvalue weighted by atomic mass is 32.2. The van der Waals surface area contributed by atoms with Crippen LogP contribution in [-0.2, 0) is 6.54 Å². The second-order valence-electron chi connectivity index (χ2n) is 9.51. The normalized spacial score (nSPS) is 12.1. The predicted molar refractivity (Wildman–Crippen MR) is 127 cm³/mol. The summed E-state index contributed by atoms with van der Waals surface area (Å²) >= 11 is 1.76. The molecular formula is C25H39NOS. The van der Waals surface area contributed by atoms with Crippen molar-refractivity contribution < 1.29 is 4.74 Å². The Hall–Kier alpha value is -1.61. The van der Waals surface area contributed by atoms with Crippen molar-refractivity contribution in [3.8, 4) is 5.75 Å². The molecule has 0 bridgehead atoms. The minimum Gasteiger partial charge on any atom is -0.493 e. The molecule has 0 saturated heterocycles. The van der Waals surface area contributed by atoms with Gasteiger partial charge in [0.2, 0.25) is 0 Å². The first kappa shape index (κ1) is 24.4. The van der Waals surface area contributed by atoms with Crippen molar-refractivity contribution in [3.05, 3.63) is 59.2 Å². The van der Waals surface area contributed by atoms with Gasteiger partial charge in [0.1, 0.15) is 5.75 Å². The molecule has 0 atom stereocenters. The van der Waals surface area contributed by atoms with Crippen molar-refractivity contribution in [3.63, 3.8) is 0 Å². The van der Waals surface area contributed by atoms with Crippen molar-refractivity contribution in [2.45, 2.75) is 68.4 Å². The Balaban J connectivity index is 3.17. The third-order valence-corrected chi connectivity index (χ3v) is 5.46. The average molecular weight is 402 g/mol. The van der Waals surface area contributed by atoms with Gasteiger partial charge < -0.3 is 10.1 Å². The zero-order valence-corrected chi connectivity index (χ0v) is 19.9. The van der Waals surface area contributed by atoms with Gasteiger partial charge in [0.15, 0.2) is 0 Å². The van der Waals surface area contributed by atoms with Gasteiger partial charge in [-0.3, -0.25) is 0 Å². The molecule has 0 heterocycles. The van der Waals surface area contributed by atoms with Crippen molar-refractivity contribution in [2.24, 2.45) is 10.8 Å². The van der Waals surface area contributed by atoms with E-state index in [1.807, 2.05) is 6.92 Å². The molecule has 0 aliphatic heterocycles. The van der Waals surface area contributed by atoms with Gasteiger partial charge >= 0.3 is 0 Å². The van der Waals surface area contributed by atoms with Crippen LogP contribution in [0.5, 0.6) is 5.75 Å². The van der Waals surface area contributed by atoms with Crippen LogP contribution >= 0.6 is 11.8 Å². The maximum atomic E-state index is 6.40. The molecule has 1 N–H and O–H groups in total. The molecule has 1 rings (SSSR count). The van der Waals surface area contributed by atoms with E-state index in [1.165, 1.54) is 16.0 Å². The van der Waals surface area contributed by atoms with Crippen LogP contribution < -0.4 is 10.1 Å². The third-order valence-electron chi connectivity index (χ3n) is 4.17. The summed E-state index contributed by atoms with van der Waals surface area (Å²) in [5.74, 6) is 0.952. The summed E-state index contributed by atoms with van der Waals surface area (Å²) in [7, 11) is 0. The van der Waals surface area contributed by atoms with E-state index < -0.39 is 0 Å². The van der Waals surface area contributed by atoms with Gasteiger partial charge in [-0.05, 0) is 61.3 Å². The number of rotatable bonds is 10. The van der Waals surface area contributed by atoms with Crippen LogP contribution in [0.3, 0.4) is 0 Å². The lowest BCUT2D eigenvalue weighted by molar-refractivity contribution is 0.124. The summed E-state index contributed by atoms with van der Waals surface area (Å²) in [5, 5.41) is 5.33. The van der Waals surface area contributed by atoms with Crippen LogP contribution in [0.15, 0.2) is 48.0 Å². The molecule has 156 valence electrons. The number of hydrogen-bond donors (Lipinski definition) is 1. The van der Waals surface area contributed by atoms with E-state index in [4.69, 9.17) is 4.74 Å². The lowest BCUT2D eigenvalue weighted by atomic mass is 9.77. The van der Waals surface area contributed by atoms with Crippen LogP contribution in [0.1, 0.15) is 72.9 Å². The minimum atomic E-state index is 0.108. The van der Waals surface area contributed by atoms with Gasteiger partial charge in [-0.2, -0.15) is 0 Å². The lowest BCUT2D eigenvalue weighted by Gasteiger charge is -2.32. The summed E-state index contributed by atoms with van der Waals surface area (Å²) in [5.41, 5.74) is 4.05. The highest BCUT2D eigenvalue weighted by Gasteiger charge is 2.26. The molecular weight excluding hydrogens is 362 g/mol. The van der Waals surface area contributed by atoms with E-state index >= 15 is 0 Å². The topological polar surface area (TPSA) is 21.3 Å². The smallest absolute Gasteiger partial charge is 0.124 e. The Morgan fingerprint density at radius 1 is 1.18 bits per heavy atom. The molecule has 0 unspecified atom stereocenters. The zero-order chi connectivity index (χ0) is 21.4. The summed E-state index contributed by atoms with van der Waals surface area (Å²) in [6.45, 7) is 23.0. The molecule has 28 heavy (non-hydrogen) atoms. The van der Waals surface area contributed by atoms with Crippen molar-refractivity contribution in [2.75, 3.05) is 6.61 Å². The zero-order valence-electron chi connectivity index (χ0n) is 19.1. The molecule has 1 aromatic rings. The Morgan fingerprint density at radius 3 is 2.39 bits per heavy atom. The summed E-state index contributed by atoms with van der Waals surface area (Å²) in [6, 6.07) is 6.54. The molecule has 0 amide bonds. The van der Waals surface area contributed by atoms with Gasteiger partial charge in [0.05, 0.1) is 6.61 Å². The maximum Gasteiger partial charge on any atom is 0.124 e. The quantitative estimate of drug-likeness (QED) is 0.432. The van der Waals surface area contributed by atoms with Gasteiger partial charge in [0.25, 0.3) is 0 Å². The Labute approximate surface area is 177 Å². The van der Waals surface area contributed by atoms with Crippen LogP contribution in [0.2, 0.25) is 0 Å². The van der Waals surface area contributed by atoms with Crippen LogP contribution in [0.4, 0.5) is 0 Å². The predicted octanol–water partition coefficient (Wildman–Crippen LogP) is 7.78. The first-order chi connectivity index (χ1) is 13.0. The van der Waals surface area contributed by atoms with E-state index in [1.54, 1.807) is 18.0 Å². The number of allylic oxidation sites excluding steroid dienone is 2. The molecule has 1 aromatic carbocycles. The minimum absolute atomic E-state index is 0.108. The van der Waals surface area contributed by atoms with Gasteiger partial charge in [-0.1, -0.05) is 76.7 Å². The number of ether oxygens (including phenoxy) is 1. The molecule has 0 aliphatic carbocycles. The number of hydrogen-bond acceptors (Lipinski definition) is 3. The van der Waals surface area contributed by atoms with Crippen molar-refractivity contribution in [1.29, 1.82) is 0 Å². The number of thioether (sulfide) groups is 1. The fraction of sp³-hybridized carbons (Fsp3) is 0.520. The van der Waals surface area contributed by atoms with E-state index in [0.717, 1.165) is 17.7 Å². The third kappa shape index (κ3) is 8.60. The SMILES string of the molecule is C=CNCc1ccc(C(S/C=C\C)=C(C)C)cc1OCC(C)(C)CC(C)(C)C. The fourth-order valence-electron chi connectivity index (χ4n) is 3.53. The first-order valence-electron chi connectivity index (χ1n) is 10.0. The first-order valence-corrected chi connectivity index (χ1v) is 10.9. The maximum absolute atomic E-state index is 6.40. The van der Waals surface area contributed by atoms with Gasteiger partial charge in [0, 0.05) is 17.0 Å². The van der Waals surface area contributed by atoms with E-state index in [9.17, 15) is 0 Å². The van der Waals surface area contributed by atoms with Crippen LogP contribution in [0.25, 0.3) is 4.91 Å². The number of benzene rings is 1. The lowest BCUT2D eigenvalue weighted by Crippen LogP contribution is -2.27. The highest BCUT2D eigenvalue weighted by molar-refractivity contribution is 8.10. The summed E-state index contributed by atoms with van der Waals surface area (Å²) < 4.78 is 6.40. The molecule has 3 heteroatoms. The Bertz CT molecular complexity index is 704. The molecule has 0 aliphatic rings.